The normalized spacial score (nSPS) is 13.7. The molecule has 146 valence electrons. The first-order valence-corrected chi connectivity index (χ1v) is 9.24. The second-order valence-electron chi connectivity index (χ2n) is 7.08. The zero-order valence-corrected chi connectivity index (χ0v) is 16.0. The van der Waals surface area contributed by atoms with Gasteiger partial charge in [0.05, 0.1) is 5.69 Å². The molecule has 3 N–H and O–H groups in total. The fourth-order valence-corrected chi connectivity index (χ4v) is 3.66. The Balaban J connectivity index is 1.72. The second-order valence-corrected chi connectivity index (χ2v) is 7.08. The van der Waals surface area contributed by atoms with Crippen LogP contribution in [0.4, 0.5) is 21.7 Å². The van der Waals surface area contributed by atoms with Gasteiger partial charge in [-0.3, -0.25) is 4.68 Å². The van der Waals surface area contributed by atoms with Crippen molar-refractivity contribution in [2.75, 3.05) is 17.6 Å². The van der Waals surface area contributed by atoms with Gasteiger partial charge in [-0.15, -0.1) is 0 Å². The van der Waals surface area contributed by atoms with Gasteiger partial charge in [0.2, 0.25) is 0 Å². The van der Waals surface area contributed by atoms with Gasteiger partial charge in [-0.25, -0.2) is 9.37 Å². The molecule has 0 atom stereocenters. The smallest absolute Gasteiger partial charge is 0.253 e. The zero-order chi connectivity index (χ0) is 20.1. The number of fused-ring (bicyclic) bond motifs is 3. The highest BCUT2D eigenvalue weighted by Crippen LogP contribution is 2.38. The Morgan fingerprint density at radius 2 is 2.10 bits per heavy atom. The predicted octanol–water partition coefficient (Wildman–Crippen LogP) is 2.47. The van der Waals surface area contributed by atoms with E-state index >= 15 is 0 Å². The largest absolute Gasteiger partial charge is 0.396 e. The number of halogens is 1. The summed E-state index contributed by atoms with van der Waals surface area (Å²) in [5, 5.41) is 7.66. The van der Waals surface area contributed by atoms with Crippen molar-refractivity contribution in [2.45, 2.75) is 13.5 Å². The van der Waals surface area contributed by atoms with E-state index in [0.29, 0.717) is 11.4 Å². The summed E-state index contributed by atoms with van der Waals surface area (Å²) >= 11 is 0. The van der Waals surface area contributed by atoms with Crippen LogP contribution in [0.1, 0.15) is 5.56 Å². The van der Waals surface area contributed by atoms with Crippen molar-refractivity contribution in [3.63, 3.8) is 0 Å². The molecule has 0 unspecified atom stereocenters. The number of pyridine rings is 1. The number of hydrogen-bond donors (Lipinski definition) is 2. The Morgan fingerprint density at radius 1 is 1.24 bits per heavy atom. The lowest BCUT2D eigenvalue weighted by molar-refractivity contribution is 0.631. The van der Waals surface area contributed by atoms with Gasteiger partial charge in [0.25, 0.3) is 5.62 Å². The van der Waals surface area contributed by atoms with Crippen LogP contribution in [0.5, 0.6) is 0 Å². The Kier molecular flexibility index (Phi) is 3.83. The third kappa shape index (κ3) is 2.91. The van der Waals surface area contributed by atoms with Crippen LogP contribution < -0.4 is 16.7 Å². The van der Waals surface area contributed by atoms with Crippen LogP contribution in [0.2, 0.25) is 0 Å². The molecule has 1 aromatic heterocycles. The van der Waals surface area contributed by atoms with E-state index in [9.17, 15) is 4.39 Å². The summed E-state index contributed by atoms with van der Waals surface area (Å²) in [6.07, 6.45) is 3.57. The minimum absolute atomic E-state index is 0.128. The molecule has 0 fully saturated rings. The zero-order valence-electron chi connectivity index (χ0n) is 16.0. The summed E-state index contributed by atoms with van der Waals surface area (Å²) in [5.41, 5.74) is 9.82. The number of rotatable bonds is 2. The molecule has 0 saturated carbocycles. The molecule has 0 amide bonds. The lowest BCUT2D eigenvalue weighted by atomic mass is 9.98. The second kappa shape index (κ2) is 6.40. The highest BCUT2D eigenvalue weighted by Gasteiger charge is 2.23. The van der Waals surface area contributed by atoms with E-state index in [1.165, 1.54) is 6.07 Å². The van der Waals surface area contributed by atoms with Crippen molar-refractivity contribution in [2.24, 2.45) is 12.0 Å². The molecule has 4 heterocycles. The van der Waals surface area contributed by atoms with Crippen molar-refractivity contribution >= 4 is 17.3 Å². The standard InChI is InChI=1S/C20H19FN8/c1-11-7-15(21)16(22)9-13(11)14-8-12-10-24-20(25-17-3-5-28(2)27-17)26-18(12)29-6-4-23-19(14)29/h3,5,7-10,23H,4,6,22H2,1-2H3. The molecular weight excluding hydrogens is 371 g/mol. The van der Waals surface area contributed by atoms with Crippen molar-refractivity contribution in [3.05, 3.63) is 53.7 Å². The van der Waals surface area contributed by atoms with Gasteiger partial charge in [0.1, 0.15) is 17.5 Å². The van der Waals surface area contributed by atoms with Crippen molar-refractivity contribution < 1.29 is 4.39 Å². The predicted molar refractivity (Wildman–Crippen MR) is 108 cm³/mol. The summed E-state index contributed by atoms with van der Waals surface area (Å²) in [5.74, 6) is 1.86. The third-order valence-corrected chi connectivity index (χ3v) is 5.04. The number of benzene rings is 1. The minimum atomic E-state index is -0.409. The van der Waals surface area contributed by atoms with E-state index in [2.05, 4.69) is 29.9 Å². The summed E-state index contributed by atoms with van der Waals surface area (Å²) in [7, 11) is 1.83. The highest BCUT2D eigenvalue weighted by atomic mass is 19.1. The minimum Gasteiger partial charge on any atom is -0.396 e. The fraction of sp³-hybridized carbons (Fsp3) is 0.200. The molecular formula is C20H19FN8. The molecule has 0 bridgehead atoms. The lowest BCUT2D eigenvalue weighted by Crippen LogP contribution is -2.17. The number of anilines is 2. The first-order chi connectivity index (χ1) is 14.0. The van der Waals surface area contributed by atoms with Gasteiger partial charge in [-0.1, -0.05) is 0 Å². The van der Waals surface area contributed by atoms with Crippen LogP contribution >= 0.6 is 0 Å². The number of nitrogen functional groups attached to an aromatic ring is 1. The summed E-state index contributed by atoms with van der Waals surface area (Å²) in [6, 6.07) is 6.95. The summed E-state index contributed by atoms with van der Waals surface area (Å²) < 4.78 is 17.6. The Morgan fingerprint density at radius 3 is 2.90 bits per heavy atom. The number of aromatic nitrogens is 5. The Bertz CT molecular complexity index is 1290. The van der Waals surface area contributed by atoms with E-state index in [4.69, 9.17) is 5.73 Å². The molecule has 0 spiro atoms. The van der Waals surface area contributed by atoms with Gasteiger partial charge >= 0.3 is 0 Å². The number of nitrogens with one attached hydrogen (secondary N) is 1. The fourth-order valence-electron chi connectivity index (χ4n) is 3.66. The molecule has 2 aromatic rings. The molecule has 0 aliphatic carbocycles. The maximum atomic E-state index is 13.8. The Labute approximate surface area is 165 Å². The van der Waals surface area contributed by atoms with E-state index in [1.54, 1.807) is 23.0 Å². The molecule has 29 heavy (non-hydrogen) atoms. The number of nitrogens with two attached hydrogens (primary N) is 1. The van der Waals surface area contributed by atoms with Crippen molar-refractivity contribution in [1.82, 2.24) is 24.3 Å². The van der Waals surface area contributed by atoms with Crippen molar-refractivity contribution in [1.29, 1.82) is 0 Å². The van der Waals surface area contributed by atoms with E-state index in [-0.39, 0.29) is 5.69 Å². The van der Waals surface area contributed by atoms with Gasteiger partial charge in [0.15, 0.2) is 5.82 Å². The van der Waals surface area contributed by atoms with E-state index in [1.807, 2.05) is 26.2 Å². The van der Waals surface area contributed by atoms with Crippen LogP contribution in [0.15, 0.2) is 41.7 Å². The number of aryl methyl sites for hydroxylation is 2. The molecule has 1 aromatic carbocycles. The average Bonchev–Trinajstić information content (AvgIpc) is 3.34. The maximum Gasteiger partial charge on any atom is 0.253 e. The average molecular weight is 390 g/mol. The van der Waals surface area contributed by atoms with E-state index < -0.39 is 5.82 Å². The van der Waals surface area contributed by atoms with Crippen LogP contribution in [-0.4, -0.2) is 30.9 Å². The summed E-state index contributed by atoms with van der Waals surface area (Å²) in [6.45, 7) is 3.41. The lowest BCUT2D eigenvalue weighted by Gasteiger charge is -2.18. The molecule has 8 nitrogen and oxygen atoms in total. The molecule has 0 radical (unpaired) electrons. The van der Waals surface area contributed by atoms with Crippen LogP contribution in [0.3, 0.4) is 0 Å². The van der Waals surface area contributed by atoms with Gasteiger partial charge in [0, 0.05) is 49.7 Å². The van der Waals surface area contributed by atoms with Gasteiger partial charge in [-0.2, -0.15) is 15.1 Å². The van der Waals surface area contributed by atoms with Crippen LogP contribution in [0, 0.1) is 12.7 Å². The topological polar surface area (TPSA) is 98.9 Å². The van der Waals surface area contributed by atoms with Crippen LogP contribution in [0.25, 0.3) is 22.5 Å². The number of hydrogen-bond acceptors (Lipinski definition) is 6. The first-order valence-electron chi connectivity index (χ1n) is 9.24. The highest BCUT2D eigenvalue weighted by molar-refractivity contribution is 5.85. The Hall–Kier alpha value is -3.75. The van der Waals surface area contributed by atoms with Gasteiger partial charge < -0.3 is 15.6 Å². The van der Waals surface area contributed by atoms with Gasteiger partial charge in [-0.05, 0) is 36.2 Å². The molecule has 3 aliphatic heterocycles. The van der Waals surface area contributed by atoms with Crippen molar-refractivity contribution in [3.8, 4) is 22.5 Å². The maximum absolute atomic E-state index is 13.8. The SMILES string of the molecule is Cc1cc(F)c(N)cc1-c1cc2cnc(=Nc3ccn(C)n3)nc-2n2c1NCC2. The first kappa shape index (κ1) is 17.4. The molecule has 0 saturated heterocycles. The molecule has 5 rings (SSSR count). The summed E-state index contributed by atoms with van der Waals surface area (Å²) in [4.78, 5) is 13.4. The monoisotopic (exact) mass is 390 g/mol. The quantitative estimate of drug-likeness (QED) is 0.512. The molecule has 3 aliphatic rings. The molecule has 9 heteroatoms. The third-order valence-electron chi connectivity index (χ3n) is 5.04. The number of nitrogens with zero attached hydrogens (tertiary/aromatic N) is 6. The van der Waals surface area contributed by atoms with Crippen LogP contribution in [-0.2, 0) is 13.6 Å². The van der Waals surface area contributed by atoms with E-state index in [0.717, 1.165) is 47.0 Å².